The van der Waals surface area contributed by atoms with Gasteiger partial charge >= 0.3 is 0 Å². The molecule has 2 rings (SSSR count). The van der Waals surface area contributed by atoms with Gasteiger partial charge in [-0.2, -0.15) is 0 Å². The van der Waals surface area contributed by atoms with E-state index in [2.05, 4.69) is 24.1 Å². The number of hydrogen-bond donors (Lipinski definition) is 2. The summed E-state index contributed by atoms with van der Waals surface area (Å²) in [6.45, 7) is 4.70. The van der Waals surface area contributed by atoms with Crippen molar-refractivity contribution in [3.8, 4) is 5.75 Å². The molecule has 0 spiro atoms. The van der Waals surface area contributed by atoms with Gasteiger partial charge in [-0.1, -0.05) is 13.8 Å². The van der Waals surface area contributed by atoms with Gasteiger partial charge in [0.25, 0.3) is 5.91 Å². The molecule has 1 aromatic rings. The average Bonchev–Trinajstić information content (AvgIpc) is 2.48. The van der Waals surface area contributed by atoms with Gasteiger partial charge in [0, 0.05) is 12.7 Å². The van der Waals surface area contributed by atoms with Crippen LogP contribution in [0.25, 0.3) is 0 Å². The van der Waals surface area contributed by atoms with Crippen molar-refractivity contribution in [3.63, 3.8) is 0 Å². The van der Waals surface area contributed by atoms with Crippen LogP contribution in [0.15, 0.2) is 18.5 Å². The molecule has 0 aromatic carbocycles. The second kappa shape index (κ2) is 6.02. The zero-order valence-electron chi connectivity index (χ0n) is 13.0. The van der Waals surface area contributed by atoms with E-state index in [1.54, 1.807) is 12.3 Å². The Morgan fingerprint density at radius 3 is 2.67 bits per heavy atom. The van der Waals surface area contributed by atoms with Crippen molar-refractivity contribution >= 4 is 5.91 Å². The lowest BCUT2D eigenvalue weighted by Gasteiger charge is -2.40. The smallest absolute Gasteiger partial charge is 0.255 e. The number of methoxy groups -OCH3 is 1. The van der Waals surface area contributed by atoms with E-state index in [1.165, 1.54) is 13.3 Å². The minimum absolute atomic E-state index is 0.243. The third-order valence-corrected chi connectivity index (χ3v) is 4.36. The Kier molecular flexibility index (Phi) is 4.52. The summed E-state index contributed by atoms with van der Waals surface area (Å²) in [6, 6.07) is 1.61. The molecule has 1 amide bonds. The monoisotopic (exact) mass is 292 g/mol. The van der Waals surface area contributed by atoms with Crippen molar-refractivity contribution in [1.82, 2.24) is 10.3 Å². The van der Waals surface area contributed by atoms with Gasteiger partial charge in [-0.15, -0.1) is 0 Å². The number of hydrogen-bond acceptors (Lipinski definition) is 4. The van der Waals surface area contributed by atoms with E-state index in [0.29, 0.717) is 24.2 Å². The minimum Gasteiger partial charge on any atom is -0.494 e. The molecule has 1 heterocycles. The van der Waals surface area contributed by atoms with Crippen LogP contribution in [-0.4, -0.2) is 35.3 Å². The molecule has 1 aliphatic carbocycles. The van der Waals surface area contributed by atoms with Gasteiger partial charge in [-0.25, -0.2) is 0 Å². The molecule has 116 valence electrons. The molecular weight excluding hydrogens is 268 g/mol. The maximum Gasteiger partial charge on any atom is 0.255 e. The standard InChI is InChI=1S/C16H24N2O3/c1-15(2)5-7-16(20,8-6-15)11-18-14(19)12-4-9-17-10-13(12)21-3/h4,9-10,20H,5-8,11H2,1-3H3,(H,18,19). The fourth-order valence-corrected chi connectivity index (χ4v) is 2.64. The number of ether oxygens (including phenoxy) is 1. The number of pyridine rings is 1. The SMILES string of the molecule is COc1cnccc1C(=O)NCC1(O)CCC(C)(C)CC1. The Morgan fingerprint density at radius 2 is 2.05 bits per heavy atom. The first kappa shape index (κ1) is 15.8. The minimum atomic E-state index is -0.800. The first-order chi connectivity index (χ1) is 9.85. The van der Waals surface area contributed by atoms with Crippen LogP contribution in [-0.2, 0) is 0 Å². The van der Waals surface area contributed by atoms with Gasteiger partial charge in [0.15, 0.2) is 0 Å². The summed E-state index contributed by atoms with van der Waals surface area (Å²) < 4.78 is 5.12. The Hall–Kier alpha value is -1.62. The van der Waals surface area contributed by atoms with Gasteiger partial charge in [0.05, 0.1) is 24.5 Å². The van der Waals surface area contributed by atoms with Gasteiger partial charge in [-0.3, -0.25) is 9.78 Å². The summed E-state index contributed by atoms with van der Waals surface area (Å²) in [5.74, 6) is 0.194. The molecule has 0 bridgehead atoms. The van der Waals surface area contributed by atoms with Crippen LogP contribution in [0.1, 0.15) is 49.9 Å². The number of rotatable bonds is 4. The van der Waals surface area contributed by atoms with Gasteiger partial charge in [0.2, 0.25) is 0 Å². The molecule has 21 heavy (non-hydrogen) atoms. The first-order valence-corrected chi connectivity index (χ1v) is 7.34. The van der Waals surface area contributed by atoms with Crippen LogP contribution in [0.3, 0.4) is 0 Å². The molecular formula is C16H24N2O3. The highest BCUT2D eigenvalue weighted by Crippen LogP contribution is 2.39. The van der Waals surface area contributed by atoms with Crippen LogP contribution >= 0.6 is 0 Å². The second-order valence-electron chi connectivity index (χ2n) is 6.65. The first-order valence-electron chi connectivity index (χ1n) is 7.34. The van der Waals surface area contributed by atoms with E-state index in [-0.39, 0.29) is 17.9 Å². The lowest BCUT2D eigenvalue weighted by atomic mass is 9.71. The normalized spacial score (nSPS) is 19.8. The van der Waals surface area contributed by atoms with Crippen molar-refractivity contribution in [1.29, 1.82) is 0 Å². The van der Waals surface area contributed by atoms with Crippen molar-refractivity contribution in [2.45, 2.75) is 45.1 Å². The molecule has 0 saturated heterocycles. The Labute approximate surface area is 125 Å². The number of amides is 1. The summed E-state index contributed by atoms with van der Waals surface area (Å²) in [7, 11) is 1.50. The van der Waals surface area contributed by atoms with Crippen LogP contribution in [0.2, 0.25) is 0 Å². The summed E-state index contributed by atoms with van der Waals surface area (Å²) in [6.07, 6.45) is 6.43. The van der Waals surface area contributed by atoms with Gasteiger partial charge in [-0.05, 0) is 37.2 Å². The third-order valence-electron chi connectivity index (χ3n) is 4.36. The second-order valence-corrected chi connectivity index (χ2v) is 6.65. The molecule has 0 radical (unpaired) electrons. The highest BCUT2D eigenvalue weighted by molar-refractivity contribution is 5.96. The highest BCUT2D eigenvalue weighted by atomic mass is 16.5. The summed E-state index contributed by atoms with van der Waals surface area (Å²) in [5.41, 5.74) is -0.0806. The number of carbonyl (C=O) groups is 1. The number of nitrogens with one attached hydrogen (secondary N) is 1. The quantitative estimate of drug-likeness (QED) is 0.892. The zero-order valence-corrected chi connectivity index (χ0v) is 13.0. The van der Waals surface area contributed by atoms with Crippen LogP contribution in [0.5, 0.6) is 5.75 Å². The zero-order chi connectivity index (χ0) is 15.5. The van der Waals surface area contributed by atoms with Crippen LogP contribution in [0.4, 0.5) is 0 Å². The van der Waals surface area contributed by atoms with Crippen molar-refractivity contribution in [2.24, 2.45) is 5.41 Å². The molecule has 0 atom stereocenters. The lowest BCUT2D eigenvalue weighted by molar-refractivity contribution is -0.0233. The summed E-state index contributed by atoms with van der Waals surface area (Å²) in [4.78, 5) is 16.1. The molecule has 0 unspecified atom stereocenters. The Bertz CT molecular complexity index is 504. The number of carbonyl (C=O) groups excluding carboxylic acids is 1. The highest BCUT2D eigenvalue weighted by Gasteiger charge is 2.36. The fourth-order valence-electron chi connectivity index (χ4n) is 2.64. The summed E-state index contributed by atoms with van der Waals surface area (Å²) >= 11 is 0. The topological polar surface area (TPSA) is 71.5 Å². The third kappa shape index (κ3) is 3.94. The van der Waals surface area contributed by atoms with E-state index in [4.69, 9.17) is 4.74 Å². The number of nitrogens with zero attached hydrogens (tertiary/aromatic N) is 1. The molecule has 1 saturated carbocycles. The maximum atomic E-state index is 12.2. The predicted octanol–water partition coefficient (Wildman–Crippen LogP) is 2.15. The number of aliphatic hydroxyl groups is 1. The Balaban J connectivity index is 1.95. The molecule has 2 N–H and O–H groups in total. The van der Waals surface area contributed by atoms with Crippen molar-refractivity contribution in [2.75, 3.05) is 13.7 Å². The van der Waals surface area contributed by atoms with Gasteiger partial charge < -0.3 is 15.2 Å². The van der Waals surface area contributed by atoms with E-state index in [9.17, 15) is 9.90 Å². The fraction of sp³-hybridized carbons (Fsp3) is 0.625. The van der Waals surface area contributed by atoms with E-state index >= 15 is 0 Å². The molecule has 1 aromatic heterocycles. The van der Waals surface area contributed by atoms with Crippen LogP contribution < -0.4 is 10.1 Å². The predicted molar refractivity (Wildman–Crippen MR) is 80.3 cm³/mol. The van der Waals surface area contributed by atoms with Crippen LogP contribution in [0, 0.1) is 5.41 Å². The number of aromatic nitrogens is 1. The average molecular weight is 292 g/mol. The van der Waals surface area contributed by atoms with Gasteiger partial charge in [0.1, 0.15) is 5.75 Å². The molecule has 5 heteroatoms. The molecule has 1 aliphatic rings. The summed E-state index contributed by atoms with van der Waals surface area (Å²) in [5, 5.41) is 13.4. The lowest BCUT2D eigenvalue weighted by Crippen LogP contribution is -2.46. The molecule has 0 aliphatic heterocycles. The molecule has 5 nitrogen and oxygen atoms in total. The van der Waals surface area contributed by atoms with E-state index in [1.807, 2.05) is 0 Å². The van der Waals surface area contributed by atoms with Crippen molar-refractivity contribution in [3.05, 3.63) is 24.0 Å². The Morgan fingerprint density at radius 1 is 1.38 bits per heavy atom. The van der Waals surface area contributed by atoms with Crippen molar-refractivity contribution < 1.29 is 14.6 Å². The largest absolute Gasteiger partial charge is 0.494 e. The molecule has 1 fully saturated rings. The van der Waals surface area contributed by atoms with E-state index in [0.717, 1.165) is 12.8 Å². The maximum absolute atomic E-state index is 12.2. The van der Waals surface area contributed by atoms with E-state index < -0.39 is 5.60 Å².